The molecule has 1 aliphatic carbocycles. The van der Waals surface area contributed by atoms with Gasteiger partial charge >= 0.3 is 5.97 Å². The van der Waals surface area contributed by atoms with E-state index in [-0.39, 0.29) is 0 Å². The molecule has 0 bridgehead atoms. The standard InChI is InChI=1S/C12H19N3O2/c13-11(12(16)17)6-9-7-15(8-14-9)10-4-2-1-3-5-10/h7-8,10-11H,1-6,13H2,(H,16,17)/t11-/m0/s1. The molecule has 5 heteroatoms. The topological polar surface area (TPSA) is 81.1 Å². The van der Waals surface area contributed by atoms with E-state index in [0.29, 0.717) is 12.5 Å². The van der Waals surface area contributed by atoms with E-state index in [1.165, 1.54) is 32.1 Å². The largest absolute Gasteiger partial charge is 0.480 e. The van der Waals surface area contributed by atoms with Crippen LogP contribution in [0, 0.1) is 0 Å². The predicted molar refractivity (Wildman–Crippen MR) is 63.7 cm³/mol. The fourth-order valence-corrected chi connectivity index (χ4v) is 2.38. The quantitative estimate of drug-likeness (QED) is 0.828. The van der Waals surface area contributed by atoms with E-state index in [1.54, 1.807) is 6.33 Å². The average molecular weight is 237 g/mol. The third-order valence-electron chi connectivity index (χ3n) is 3.40. The third kappa shape index (κ3) is 3.06. The van der Waals surface area contributed by atoms with Crippen molar-refractivity contribution in [3.63, 3.8) is 0 Å². The van der Waals surface area contributed by atoms with Crippen LogP contribution in [0.3, 0.4) is 0 Å². The van der Waals surface area contributed by atoms with Crippen LogP contribution in [0.5, 0.6) is 0 Å². The molecule has 0 unspecified atom stereocenters. The van der Waals surface area contributed by atoms with Gasteiger partial charge in [0.15, 0.2) is 0 Å². The van der Waals surface area contributed by atoms with E-state index in [9.17, 15) is 4.79 Å². The van der Waals surface area contributed by atoms with Crippen molar-refractivity contribution in [2.24, 2.45) is 5.73 Å². The second-order valence-corrected chi connectivity index (χ2v) is 4.75. The molecule has 1 aliphatic rings. The molecule has 17 heavy (non-hydrogen) atoms. The van der Waals surface area contributed by atoms with Crippen LogP contribution in [-0.2, 0) is 11.2 Å². The Morgan fingerprint density at radius 2 is 2.24 bits per heavy atom. The molecule has 1 saturated carbocycles. The molecule has 1 aromatic rings. The van der Waals surface area contributed by atoms with Gasteiger partial charge in [-0.25, -0.2) is 4.98 Å². The van der Waals surface area contributed by atoms with Gasteiger partial charge in [-0.3, -0.25) is 4.79 Å². The van der Waals surface area contributed by atoms with Crippen LogP contribution in [0.4, 0.5) is 0 Å². The summed E-state index contributed by atoms with van der Waals surface area (Å²) in [7, 11) is 0. The molecular weight excluding hydrogens is 218 g/mol. The molecule has 1 atom stereocenters. The van der Waals surface area contributed by atoms with Crippen molar-refractivity contribution in [3.05, 3.63) is 18.2 Å². The molecule has 5 nitrogen and oxygen atoms in total. The van der Waals surface area contributed by atoms with Gasteiger partial charge in [-0.15, -0.1) is 0 Å². The number of carboxylic acids is 1. The van der Waals surface area contributed by atoms with Crippen molar-refractivity contribution >= 4 is 5.97 Å². The van der Waals surface area contributed by atoms with Gasteiger partial charge in [0.25, 0.3) is 0 Å². The summed E-state index contributed by atoms with van der Waals surface area (Å²) in [5.74, 6) is -0.975. The second-order valence-electron chi connectivity index (χ2n) is 4.75. The predicted octanol–water partition coefficient (Wildman–Crippen LogP) is 1.34. The first-order valence-corrected chi connectivity index (χ1v) is 6.17. The van der Waals surface area contributed by atoms with E-state index in [2.05, 4.69) is 9.55 Å². The second kappa shape index (κ2) is 5.31. The van der Waals surface area contributed by atoms with Gasteiger partial charge in [0.1, 0.15) is 6.04 Å². The summed E-state index contributed by atoms with van der Waals surface area (Å²) in [6.07, 6.45) is 10.3. The zero-order chi connectivity index (χ0) is 12.3. The van der Waals surface area contributed by atoms with Crippen LogP contribution in [0.2, 0.25) is 0 Å². The van der Waals surface area contributed by atoms with Crippen LogP contribution >= 0.6 is 0 Å². The van der Waals surface area contributed by atoms with Gasteiger partial charge in [0.05, 0.1) is 12.0 Å². The molecule has 2 rings (SSSR count). The maximum absolute atomic E-state index is 10.7. The smallest absolute Gasteiger partial charge is 0.320 e. The molecule has 1 aromatic heterocycles. The van der Waals surface area contributed by atoms with Crippen molar-refractivity contribution in [2.45, 2.75) is 50.6 Å². The number of aliphatic carboxylic acids is 1. The van der Waals surface area contributed by atoms with Crippen molar-refractivity contribution in [2.75, 3.05) is 0 Å². The van der Waals surface area contributed by atoms with E-state index in [4.69, 9.17) is 10.8 Å². The molecule has 3 N–H and O–H groups in total. The Morgan fingerprint density at radius 1 is 1.53 bits per heavy atom. The van der Waals surface area contributed by atoms with Gasteiger partial charge < -0.3 is 15.4 Å². The molecule has 1 fully saturated rings. The van der Waals surface area contributed by atoms with Crippen LogP contribution in [0.15, 0.2) is 12.5 Å². The monoisotopic (exact) mass is 237 g/mol. The number of carbonyl (C=O) groups is 1. The van der Waals surface area contributed by atoms with Crippen LogP contribution < -0.4 is 5.73 Å². The highest BCUT2D eigenvalue weighted by Crippen LogP contribution is 2.27. The molecule has 0 amide bonds. The number of aromatic nitrogens is 2. The number of imidazole rings is 1. The van der Waals surface area contributed by atoms with Crippen molar-refractivity contribution in [1.82, 2.24) is 9.55 Å². The van der Waals surface area contributed by atoms with Gasteiger partial charge in [-0.2, -0.15) is 0 Å². The Hall–Kier alpha value is -1.36. The first-order valence-electron chi connectivity index (χ1n) is 6.17. The fourth-order valence-electron chi connectivity index (χ4n) is 2.38. The summed E-state index contributed by atoms with van der Waals surface area (Å²) < 4.78 is 2.11. The zero-order valence-electron chi connectivity index (χ0n) is 9.88. The summed E-state index contributed by atoms with van der Waals surface area (Å²) in [5.41, 5.74) is 6.26. The van der Waals surface area contributed by atoms with Crippen LogP contribution in [0.25, 0.3) is 0 Å². The van der Waals surface area contributed by atoms with Crippen molar-refractivity contribution < 1.29 is 9.90 Å². The van der Waals surface area contributed by atoms with E-state index in [0.717, 1.165) is 5.69 Å². The summed E-state index contributed by atoms with van der Waals surface area (Å²) in [4.78, 5) is 14.9. The third-order valence-corrected chi connectivity index (χ3v) is 3.40. The van der Waals surface area contributed by atoms with E-state index < -0.39 is 12.0 Å². The molecule has 0 spiro atoms. The lowest BCUT2D eigenvalue weighted by Gasteiger charge is -2.22. The number of hydrogen-bond donors (Lipinski definition) is 2. The van der Waals surface area contributed by atoms with Crippen LogP contribution in [-0.4, -0.2) is 26.7 Å². The summed E-state index contributed by atoms with van der Waals surface area (Å²) in [5, 5.41) is 8.74. The van der Waals surface area contributed by atoms with E-state index in [1.807, 2.05) is 6.20 Å². The number of hydrogen-bond acceptors (Lipinski definition) is 3. The lowest BCUT2D eigenvalue weighted by molar-refractivity contribution is -0.138. The number of nitrogens with two attached hydrogens (primary N) is 1. The highest BCUT2D eigenvalue weighted by Gasteiger charge is 2.17. The first kappa shape index (κ1) is 12.1. The molecular formula is C12H19N3O2. The minimum absolute atomic E-state index is 0.301. The normalized spacial score (nSPS) is 19.1. The lowest BCUT2D eigenvalue weighted by atomic mass is 9.95. The Morgan fingerprint density at radius 3 is 2.88 bits per heavy atom. The number of carboxylic acid groups (broad SMARTS) is 1. The molecule has 0 aromatic carbocycles. The minimum atomic E-state index is -0.975. The SMILES string of the molecule is N[C@@H](Cc1cn(C2CCCCC2)cn1)C(=O)O. The van der Waals surface area contributed by atoms with Crippen molar-refractivity contribution in [3.8, 4) is 0 Å². The molecule has 0 saturated heterocycles. The molecule has 94 valence electrons. The average Bonchev–Trinajstić information content (AvgIpc) is 2.78. The Kier molecular flexibility index (Phi) is 3.78. The molecule has 0 radical (unpaired) electrons. The maximum Gasteiger partial charge on any atom is 0.320 e. The van der Waals surface area contributed by atoms with Crippen molar-refractivity contribution in [1.29, 1.82) is 0 Å². The zero-order valence-corrected chi connectivity index (χ0v) is 9.88. The van der Waals surface area contributed by atoms with Gasteiger partial charge in [-0.1, -0.05) is 19.3 Å². The highest BCUT2D eigenvalue weighted by atomic mass is 16.4. The maximum atomic E-state index is 10.7. The Labute approximate surface area is 101 Å². The Balaban J connectivity index is 1.97. The minimum Gasteiger partial charge on any atom is -0.480 e. The Bertz CT molecular complexity index is 383. The van der Waals surface area contributed by atoms with Gasteiger partial charge in [0, 0.05) is 18.7 Å². The molecule has 0 aliphatic heterocycles. The number of rotatable bonds is 4. The number of nitrogens with zero attached hydrogens (tertiary/aromatic N) is 2. The summed E-state index contributed by atoms with van der Waals surface area (Å²) >= 11 is 0. The van der Waals surface area contributed by atoms with Gasteiger partial charge in [-0.05, 0) is 12.8 Å². The van der Waals surface area contributed by atoms with Crippen LogP contribution in [0.1, 0.15) is 43.8 Å². The summed E-state index contributed by atoms with van der Waals surface area (Å²) in [6.45, 7) is 0. The highest BCUT2D eigenvalue weighted by molar-refractivity contribution is 5.73. The summed E-state index contributed by atoms with van der Waals surface area (Å²) in [6, 6.07) is -0.323. The molecule has 1 heterocycles. The lowest BCUT2D eigenvalue weighted by Crippen LogP contribution is -2.32. The first-order chi connectivity index (χ1) is 8.16. The van der Waals surface area contributed by atoms with Gasteiger partial charge in [0.2, 0.25) is 0 Å². The fraction of sp³-hybridized carbons (Fsp3) is 0.667. The van der Waals surface area contributed by atoms with E-state index >= 15 is 0 Å².